The molecule has 1 amide bonds. The van der Waals surface area contributed by atoms with E-state index >= 15 is 0 Å². The molecule has 1 unspecified atom stereocenters. The molecule has 1 N–H and O–H groups in total. The van der Waals surface area contributed by atoms with Gasteiger partial charge >= 0.3 is 0 Å². The van der Waals surface area contributed by atoms with Crippen LogP contribution in [0.25, 0.3) is 0 Å². The Morgan fingerprint density at radius 2 is 2.20 bits per heavy atom. The van der Waals surface area contributed by atoms with Crippen LogP contribution in [0.1, 0.15) is 26.7 Å². The van der Waals surface area contributed by atoms with Crippen LogP contribution >= 0.6 is 15.9 Å². The van der Waals surface area contributed by atoms with Gasteiger partial charge in [-0.1, -0.05) is 13.8 Å². The molecule has 1 saturated heterocycles. The van der Waals surface area contributed by atoms with Gasteiger partial charge in [-0.05, 0) is 40.9 Å². The highest BCUT2D eigenvalue weighted by Crippen LogP contribution is 2.31. The summed E-state index contributed by atoms with van der Waals surface area (Å²) in [5.41, 5.74) is 0.894. The number of anilines is 1. The Morgan fingerprint density at radius 3 is 2.85 bits per heavy atom. The van der Waals surface area contributed by atoms with Gasteiger partial charge in [0.05, 0.1) is 17.6 Å². The van der Waals surface area contributed by atoms with Crippen LogP contribution < -0.4 is 15.0 Å². The maximum absolute atomic E-state index is 12.6. The SMILES string of the molecule is COc1cc(N2CCCC(NC(C)C)C2=O)ccc1Br. The summed E-state index contributed by atoms with van der Waals surface area (Å²) in [7, 11) is 1.63. The molecule has 5 heteroatoms. The fourth-order valence-electron chi connectivity index (χ4n) is 2.51. The van der Waals surface area contributed by atoms with Gasteiger partial charge in [-0.15, -0.1) is 0 Å². The number of piperidine rings is 1. The molecule has 1 heterocycles. The first-order chi connectivity index (χ1) is 9.52. The highest BCUT2D eigenvalue weighted by Gasteiger charge is 2.30. The van der Waals surface area contributed by atoms with E-state index in [-0.39, 0.29) is 11.9 Å². The monoisotopic (exact) mass is 340 g/mol. The summed E-state index contributed by atoms with van der Waals surface area (Å²) in [6.07, 6.45) is 1.91. The van der Waals surface area contributed by atoms with Crippen LogP contribution in [0.3, 0.4) is 0 Å². The summed E-state index contributed by atoms with van der Waals surface area (Å²) in [6, 6.07) is 5.99. The van der Waals surface area contributed by atoms with E-state index in [0.717, 1.165) is 35.3 Å². The van der Waals surface area contributed by atoms with Crippen LogP contribution in [0, 0.1) is 0 Å². The molecule has 1 atom stereocenters. The van der Waals surface area contributed by atoms with Gasteiger partial charge in [-0.25, -0.2) is 0 Å². The standard InChI is InChI=1S/C15H21BrN2O2/c1-10(2)17-13-5-4-8-18(15(13)19)11-6-7-12(16)14(9-11)20-3/h6-7,9-10,13,17H,4-5,8H2,1-3H3. The number of carbonyl (C=O) groups is 1. The van der Waals surface area contributed by atoms with Gasteiger partial charge in [-0.2, -0.15) is 0 Å². The Bertz CT molecular complexity index is 491. The van der Waals surface area contributed by atoms with Crippen LogP contribution in [-0.4, -0.2) is 31.6 Å². The minimum atomic E-state index is -0.0848. The molecule has 0 bridgehead atoms. The number of carbonyl (C=O) groups excluding carboxylic acids is 1. The second-order valence-electron chi connectivity index (χ2n) is 5.32. The van der Waals surface area contributed by atoms with Gasteiger partial charge in [0.2, 0.25) is 5.91 Å². The lowest BCUT2D eigenvalue weighted by atomic mass is 10.0. The van der Waals surface area contributed by atoms with Crippen molar-refractivity contribution in [1.29, 1.82) is 0 Å². The van der Waals surface area contributed by atoms with E-state index in [1.807, 2.05) is 23.1 Å². The van der Waals surface area contributed by atoms with Gasteiger partial charge in [0, 0.05) is 24.3 Å². The summed E-state index contributed by atoms with van der Waals surface area (Å²) in [5, 5.41) is 3.34. The van der Waals surface area contributed by atoms with Crippen LogP contribution in [0.5, 0.6) is 5.75 Å². The first-order valence-electron chi connectivity index (χ1n) is 6.94. The van der Waals surface area contributed by atoms with Gasteiger partial charge < -0.3 is 15.0 Å². The molecule has 110 valence electrons. The molecule has 1 aliphatic rings. The second kappa shape index (κ2) is 6.59. The van der Waals surface area contributed by atoms with E-state index in [1.165, 1.54) is 0 Å². The lowest BCUT2D eigenvalue weighted by Crippen LogP contribution is -2.52. The smallest absolute Gasteiger partial charge is 0.244 e. The van der Waals surface area contributed by atoms with Gasteiger partial charge in [0.25, 0.3) is 0 Å². The number of halogens is 1. The summed E-state index contributed by atoms with van der Waals surface area (Å²) in [5.74, 6) is 0.892. The van der Waals surface area contributed by atoms with Gasteiger partial charge in [-0.3, -0.25) is 4.79 Å². The third-order valence-corrected chi connectivity index (χ3v) is 4.07. The largest absolute Gasteiger partial charge is 0.495 e. The Morgan fingerprint density at radius 1 is 1.45 bits per heavy atom. The quantitative estimate of drug-likeness (QED) is 0.916. The number of methoxy groups -OCH3 is 1. The van der Waals surface area contributed by atoms with Gasteiger partial charge in [0.15, 0.2) is 0 Å². The van der Waals surface area contributed by atoms with Crippen molar-refractivity contribution in [3.8, 4) is 5.75 Å². The predicted molar refractivity (Wildman–Crippen MR) is 84.3 cm³/mol. The molecular weight excluding hydrogens is 320 g/mol. The Hall–Kier alpha value is -1.07. The first-order valence-corrected chi connectivity index (χ1v) is 7.73. The van der Waals surface area contributed by atoms with E-state index in [2.05, 4.69) is 35.1 Å². The normalized spacial score (nSPS) is 19.6. The zero-order chi connectivity index (χ0) is 14.7. The molecule has 2 rings (SSSR count). The number of benzene rings is 1. The molecule has 0 aliphatic carbocycles. The molecule has 1 aromatic carbocycles. The van der Waals surface area contributed by atoms with Crippen molar-refractivity contribution in [3.05, 3.63) is 22.7 Å². The number of hydrogen-bond acceptors (Lipinski definition) is 3. The van der Waals surface area contributed by atoms with Crippen LogP contribution in [0.15, 0.2) is 22.7 Å². The van der Waals surface area contributed by atoms with E-state index in [4.69, 9.17) is 4.74 Å². The molecule has 0 saturated carbocycles. The molecule has 1 aromatic rings. The van der Waals surface area contributed by atoms with Gasteiger partial charge in [0.1, 0.15) is 5.75 Å². The Kier molecular flexibility index (Phi) is 5.05. The van der Waals surface area contributed by atoms with E-state index in [9.17, 15) is 4.79 Å². The third-order valence-electron chi connectivity index (χ3n) is 3.42. The number of nitrogens with one attached hydrogen (secondary N) is 1. The molecule has 1 fully saturated rings. The van der Waals surface area contributed by atoms with Crippen molar-refractivity contribution in [2.24, 2.45) is 0 Å². The predicted octanol–water partition coefficient (Wildman–Crippen LogP) is 2.95. The number of ether oxygens (including phenoxy) is 1. The highest BCUT2D eigenvalue weighted by atomic mass is 79.9. The van der Waals surface area contributed by atoms with Crippen LogP contribution in [-0.2, 0) is 4.79 Å². The maximum Gasteiger partial charge on any atom is 0.244 e. The fourth-order valence-corrected chi connectivity index (χ4v) is 2.91. The molecule has 20 heavy (non-hydrogen) atoms. The van der Waals surface area contributed by atoms with Crippen molar-refractivity contribution in [3.63, 3.8) is 0 Å². The topological polar surface area (TPSA) is 41.6 Å². The molecular formula is C15H21BrN2O2. The Labute approximate surface area is 128 Å². The lowest BCUT2D eigenvalue weighted by molar-refractivity contribution is -0.121. The lowest BCUT2D eigenvalue weighted by Gasteiger charge is -2.34. The number of hydrogen-bond donors (Lipinski definition) is 1. The zero-order valence-corrected chi connectivity index (χ0v) is 13.7. The number of nitrogens with zero attached hydrogens (tertiary/aromatic N) is 1. The first kappa shape index (κ1) is 15.3. The van der Waals surface area contributed by atoms with E-state index < -0.39 is 0 Å². The summed E-state index contributed by atoms with van der Waals surface area (Å²) in [4.78, 5) is 14.4. The third kappa shape index (κ3) is 3.33. The van der Waals surface area contributed by atoms with Crippen LogP contribution in [0.2, 0.25) is 0 Å². The van der Waals surface area contributed by atoms with Crippen molar-refractivity contribution >= 4 is 27.5 Å². The molecule has 0 spiro atoms. The van der Waals surface area contributed by atoms with Crippen molar-refractivity contribution in [2.45, 2.75) is 38.8 Å². The maximum atomic E-state index is 12.6. The zero-order valence-electron chi connectivity index (χ0n) is 12.1. The van der Waals surface area contributed by atoms with Crippen molar-refractivity contribution < 1.29 is 9.53 Å². The average molecular weight is 341 g/mol. The highest BCUT2D eigenvalue weighted by molar-refractivity contribution is 9.10. The number of rotatable bonds is 4. The average Bonchev–Trinajstić information content (AvgIpc) is 2.41. The van der Waals surface area contributed by atoms with E-state index in [0.29, 0.717) is 6.04 Å². The summed E-state index contributed by atoms with van der Waals surface area (Å²) >= 11 is 3.43. The van der Waals surface area contributed by atoms with Crippen LogP contribution in [0.4, 0.5) is 5.69 Å². The summed E-state index contributed by atoms with van der Waals surface area (Å²) < 4.78 is 6.20. The summed E-state index contributed by atoms with van der Waals surface area (Å²) in [6.45, 7) is 4.89. The fraction of sp³-hybridized carbons (Fsp3) is 0.533. The molecule has 4 nitrogen and oxygen atoms in total. The number of amides is 1. The minimum Gasteiger partial charge on any atom is -0.495 e. The Balaban J connectivity index is 2.21. The molecule has 1 aliphatic heterocycles. The minimum absolute atomic E-state index is 0.0848. The second-order valence-corrected chi connectivity index (χ2v) is 6.18. The molecule has 0 radical (unpaired) electrons. The molecule has 0 aromatic heterocycles. The van der Waals surface area contributed by atoms with Crippen molar-refractivity contribution in [2.75, 3.05) is 18.6 Å². The van der Waals surface area contributed by atoms with Crippen molar-refractivity contribution in [1.82, 2.24) is 5.32 Å². The van der Waals surface area contributed by atoms with E-state index in [1.54, 1.807) is 7.11 Å².